The lowest BCUT2D eigenvalue weighted by Crippen LogP contribution is -1.94. The van der Waals surface area contributed by atoms with Gasteiger partial charge in [0.15, 0.2) is 0 Å². The second kappa shape index (κ2) is 4.94. The first-order chi connectivity index (χ1) is 8.49. The Morgan fingerprint density at radius 3 is 2.44 bits per heavy atom. The van der Waals surface area contributed by atoms with E-state index in [1.807, 2.05) is 0 Å². The zero-order valence-corrected chi connectivity index (χ0v) is 9.56. The highest BCUT2D eigenvalue weighted by atomic mass is 35.5. The van der Waals surface area contributed by atoms with Gasteiger partial charge >= 0.3 is 0 Å². The Labute approximate surface area is 105 Å². The Bertz CT molecular complexity index is 586. The largest absolute Gasteiger partial charge is 0.266 e. The predicted molar refractivity (Wildman–Crippen MR) is 59.6 cm³/mol. The van der Waals surface area contributed by atoms with Crippen LogP contribution < -0.4 is 0 Å². The van der Waals surface area contributed by atoms with Crippen molar-refractivity contribution in [3.05, 3.63) is 52.8 Å². The molecule has 94 valence electrons. The summed E-state index contributed by atoms with van der Waals surface area (Å²) in [5, 5.41) is 0.171. The molecule has 0 saturated heterocycles. The van der Waals surface area contributed by atoms with E-state index >= 15 is 0 Å². The van der Waals surface area contributed by atoms with Gasteiger partial charge in [0.1, 0.15) is 5.82 Å². The molecule has 6 heteroatoms. The molecule has 1 aromatic carbocycles. The zero-order chi connectivity index (χ0) is 13.3. The molecule has 0 spiro atoms. The third kappa shape index (κ3) is 2.46. The van der Waals surface area contributed by atoms with Crippen LogP contribution in [0.15, 0.2) is 30.5 Å². The molecule has 0 atom stereocenters. The van der Waals surface area contributed by atoms with Crippen molar-refractivity contribution < 1.29 is 17.6 Å². The normalized spacial score (nSPS) is 11.0. The van der Waals surface area contributed by atoms with Crippen molar-refractivity contribution in [3.63, 3.8) is 0 Å². The summed E-state index contributed by atoms with van der Waals surface area (Å²) in [6, 6.07) is 4.19. The number of rotatable bonds is 2. The topological polar surface area (TPSA) is 12.9 Å². The number of pyridine rings is 1. The van der Waals surface area contributed by atoms with Crippen molar-refractivity contribution in [1.82, 2.24) is 4.98 Å². The van der Waals surface area contributed by atoms with Gasteiger partial charge in [0.2, 0.25) is 5.95 Å². The van der Waals surface area contributed by atoms with Crippen LogP contribution in [0.3, 0.4) is 0 Å². The molecule has 1 heterocycles. The number of halogens is 5. The molecule has 1 nitrogen and oxygen atoms in total. The van der Waals surface area contributed by atoms with E-state index in [2.05, 4.69) is 4.98 Å². The van der Waals surface area contributed by atoms with Gasteiger partial charge in [-0.25, -0.2) is 18.2 Å². The molecule has 18 heavy (non-hydrogen) atoms. The van der Waals surface area contributed by atoms with E-state index < -0.39 is 23.8 Å². The van der Waals surface area contributed by atoms with Crippen LogP contribution in [0, 0.1) is 11.8 Å². The Morgan fingerprint density at radius 2 is 1.83 bits per heavy atom. The van der Waals surface area contributed by atoms with Crippen LogP contribution in [0.25, 0.3) is 11.1 Å². The van der Waals surface area contributed by atoms with Gasteiger partial charge in [-0.15, -0.1) is 0 Å². The molecule has 0 bridgehead atoms. The smallest absolute Gasteiger partial charge is 0.226 e. The van der Waals surface area contributed by atoms with E-state index in [1.165, 1.54) is 12.1 Å². The SMILES string of the molecule is Fc1cc(-c2cc(Cl)cnc2F)ccc1C(F)F. The number of benzene rings is 1. The van der Waals surface area contributed by atoms with Crippen molar-refractivity contribution in [3.8, 4) is 11.1 Å². The van der Waals surface area contributed by atoms with Crippen LogP contribution in [-0.4, -0.2) is 4.98 Å². The van der Waals surface area contributed by atoms with Crippen LogP contribution in [0.2, 0.25) is 5.02 Å². The van der Waals surface area contributed by atoms with E-state index in [9.17, 15) is 17.6 Å². The lowest BCUT2D eigenvalue weighted by Gasteiger charge is -2.06. The summed E-state index contributed by atoms with van der Waals surface area (Å²) in [5.41, 5.74) is -0.666. The molecule has 0 aliphatic heterocycles. The number of hydrogen-bond donors (Lipinski definition) is 0. The first kappa shape index (κ1) is 12.8. The van der Waals surface area contributed by atoms with Crippen molar-refractivity contribution in [2.75, 3.05) is 0 Å². The lowest BCUT2D eigenvalue weighted by molar-refractivity contribution is 0.146. The average molecular weight is 276 g/mol. The summed E-state index contributed by atoms with van der Waals surface area (Å²) < 4.78 is 51.5. The van der Waals surface area contributed by atoms with Gasteiger partial charge < -0.3 is 0 Å². The molecule has 0 N–H and O–H groups in total. The van der Waals surface area contributed by atoms with E-state index in [1.54, 1.807) is 0 Å². The van der Waals surface area contributed by atoms with E-state index in [-0.39, 0.29) is 16.1 Å². The second-order valence-corrected chi connectivity index (χ2v) is 3.97. The fourth-order valence-corrected chi connectivity index (χ4v) is 1.65. The van der Waals surface area contributed by atoms with E-state index in [4.69, 9.17) is 11.6 Å². The maximum Gasteiger partial charge on any atom is 0.266 e. The summed E-state index contributed by atoms with van der Waals surface area (Å²) in [5.74, 6) is -1.94. The minimum atomic E-state index is -2.92. The predicted octanol–water partition coefficient (Wildman–Crippen LogP) is 4.62. The van der Waals surface area contributed by atoms with Crippen molar-refractivity contribution in [1.29, 1.82) is 0 Å². The van der Waals surface area contributed by atoms with Gasteiger partial charge in [-0.05, 0) is 23.8 Å². The third-order valence-corrected chi connectivity index (χ3v) is 2.56. The monoisotopic (exact) mass is 275 g/mol. The molecule has 0 amide bonds. The molecule has 0 saturated carbocycles. The molecule has 0 radical (unpaired) electrons. The standard InChI is InChI=1S/C12H6ClF4N/c13-7-4-9(12(17)18-5-7)6-1-2-8(11(15)16)10(14)3-6/h1-5,11H. The molecule has 2 rings (SSSR count). The van der Waals surface area contributed by atoms with Crippen LogP contribution in [0.1, 0.15) is 12.0 Å². The highest BCUT2D eigenvalue weighted by Gasteiger charge is 2.15. The molecule has 2 aromatic rings. The fourth-order valence-electron chi connectivity index (χ4n) is 1.50. The van der Waals surface area contributed by atoms with Gasteiger partial charge in [0, 0.05) is 11.8 Å². The molecular weight excluding hydrogens is 270 g/mol. The summed E-state index contributed by atoms with van der Waals surface area (Å²) in [7, 11) is 0. The Morgan fingerprint density at radius 1 is 1.11 bits per heavy atom. The maximum absolute atomic E-state index is 13.4. The van der Waals surface area contributed by atoms with Gasteiger partial charge in [0.25, 0.3) is 6.43 Å². The zero-order valence-electron chi connectivity index (χ0n) is 8.80. The van der Waals surface area contributed by atoms with Gasteiger partial charge in [-0.2, -0.15) is 4.39 Å². The average Bonchev–Trinajstić information content (AvgIpc) is 2.31. The number of nitrogens with zero attached hydrogens (tertiary/aromatic N) is 1. The van der Waals surface area contributed by atoms with Crippen LogP contribution in [0.5, 0.6) is 0 Å². The quantitative estimate of drug-likeness (QED) is 0.576. The molecule has 1 aromatic heterocycles. The fraction of sp³-hybridized carbons (Fsp3) is 0.0833. The number of hydrogen-bond acceptors (Lipinski definition) is 1. The van der Waals surface area contributed by atoms with Crippen molar-refractivity contribution in [2.24, 2.45) is 0 Å². The molecule has 0 aliphatic rings. The molecule has 0 fully saturated rings. The van der Waals surface area contributed by atoms with Gasteiger partial charge in [0.05, 0.1) is 10.6 Å². The highest BCUT2D eigenvalue weighted by Crippen LogP contribution is 2.29. The number of alkyl halides is 2. The van der Waals surface area contributed by atoms with Crippen molar-refractivity contribution >= 4 is 11.6 Å². The first-order valence-electron chi connectivity index (χ1n) is 4.88. The van der Waals surface area contributed by atoms with Gasteiger partial charge in [-0.1, -0.05) is 17.7 Å². The minimum absolute atomic E-state index is 0.0396. The number of aromatic nitrogens is 1. The summed E-state index contributed by atoms with van der Waals surface area (Å²) in [6.07, 6.45) is -1.81. The first-order valence-corrected chi connectivity index (χ1v) is 5.26. The van der Waals surface area contributed by atoms with E-state index in [0.29, 0.717) is 0 Å². The minimum Gasteiger partial charge on any atom is -0.226 e. The Hall–Kier alpha value is -1.62. The summed E-state index contributed by atoms with van der Waals surface area (Å²) in [4.78, 5) is 3.37. The highest BCUT2D eigenvalue weighted by molar-refractivity contribution is 6.30. The van der Waals surface area contributed by atoms with Gasteiger partial charge in [-0.3, -0.25) is 0 Å². The summed E-state index contributed by atoms with van der Waals surface area (Å²) in [6.45, 7) is 0. The Kier molecular flexibility index (Phi) is 3.52. The second-order valence-electron chi connectivity index (χ2n) is 3.53. The third-order valence-electron chi connectivity index (χ3n) is 2.35. The van der Waals surface area contributed by atoms with Crippen LogP contribution in [0.4, 0.5) is 17.6 Å². The van der Waals surface area contributed by atoms with Crippen LogP contribution >= 0.6 is 11.6 Å². The van der Waals surface area contributed by atoms with Crippen LogP contribution in [-0.2, 0) is 0 Å². The molecule has 0 aliphatic carbocycles. The van der Waals surface area contributed by atoms with E-state index in [0.717, 1.165) is 18.3 Å². The summed E-state index contributed by atoms with van der Waals surface area (Å²) >= 11 is 5.65. The maximum atomic E-state index is 13.4. The Balaban J connectivity index is 2.52. The lowest BCUT2D eigenvalue weighted by atomic mass is 10.0. The molecular formula is C12H6ClF4N. The van der Waals surface area contributed by atoms with Crippen molar-refractivity contribution in [2.45, 2.75) is 6.43 Å². The molecule has 0 unspecified atom stereocenters.